The van der Waals surface area contributed by atoms with Crippen LogP contribution >= 0.6 is 0 Å². The van der Waals surface area contributed by atoms with Gasteiger partial charge in [0.15, 0.2) is 8.32 Å². The Kier molecular flexibility index (Phi) is 9.91. The van der Waals surface area contributed by atoms with Gasteiger partial charge in [0.2, 0.25) is 0 Å². The molecule has 0 radical (unpaired) electrons. The van der Waals surface area contributed by atoms with Gasteiger partial charge in [0.05, 0.1) is 26.4 Å². The molecule has 0 N–H and O–H groups in total. The van der Waals surface area contributed by atoms with Crippen LogP contribution in [0, 0.1) is 5.92 Å². The van der Waals surface area contributed by atoms with Gasteiger partial charge in [-0.3, -0.25) is 4.79 Å². The van der Waals surface area contributed by atoms with Crippen molar-refractivity contribution in [2.24, 2.45) is 5.92 Å². The minimum absolute atomic E-state index is 0.0890. The van der Waals surface area contributed by atoms with Crippen LogP contribution in [0.5, 0.6) is 5.75 Å². The van der Waals surface area contributed by atoms with Crippen molar-refractivity contribution < 1.29 is 28.2 Å². The summed E-state index contributed by atoms with van der Waals surface area (Å²) in [6, 6.07) is 7.19. The number of methoxy groups -OCH3 is 1. The van der Waals surface area contributed by atoms with E-state index in [1.807, 2.05) is 50.3 Å². The maximum Gasteiger partial charge on any atom is 0.417 e. The lowest BCUT2D eigenvalue weighted by molar-refractivity contribution is -0.142. The first-order valence-electron chi connectivity index (χ1n) is 11.9. The van der Waals surface area contributed by atoms with Gasteiger partial charge in [0.25, 0.3) is 5.91 Å². The first kappa shape index (κ1) is 28.1. The van der Waals surface area contributed by atoms with Crippen molar-refractivity contribution in [3.63, 3.8) is 0 Å². The van der Waals surface area contributed by atoms with Gasteiger partial charge in [-0.15, -0.1) is 0 Å². The highest BCUT2D eigenvalue weighted by Crippen LogP contribution is 2.36. The first-order chi connectivity index (χ1) is 15.9. The number of hydrogen-bond acceptors (Lipinski definition) is 6. The predicted molar refractivity (Wildman–Crippen MR) is 135 cm³/mol. The molecule has 1 fully saturated rings. The third kappa shape index (κ3) is 7.42. The molecule has 0 aliphatic carbocycles. The van der Waals surface area contributed by atoms with Crippen LogP contribution < -0.4 is 4.74 Å². The van der Waals surface area contributed by atoms with E-state index in [2.05, 4.69) is 33.9 Å². The molecule has 8 heteroatoms. The Morgan fingerprint density at radius 2 is 1.85 bits per heavy atom. The van der Waals surface area contributed by atoms with E-state index >= 15 is 0 Å². The SMILES string of the molecule is COc1ccc(CO[C@H](C/C=C/CO[Si](C)(C)C(C)(C)C)C(=O)N2C(=O)OC[C@@H]2C(C)C)cc1. The van der Waals surface area contributed by atoms with Gasteiger partial charge < -0.3 is 18.6 Å². The molecule has 1 saturated heterocycles. The van der Waals surface area contributed by atoms with Crippen LogP contribution in [0.1, 0.15) is 46.6 Å². The molecule has 0 saturated carbocycles. The molecule has 2 atom stereocenters. The predicted octanol–water partition coefficient (Wildman–Crippen LogP) is 5.55. The van der Waals surface area contributed by atoms with Crippen molar-refractivity contribution in [3.05, 3.63) is 42.0 Å². The Morgan fingerprint density at radius 1 is 1.21 bits per heavy atom. The number of cyclic esters (lactones) is 1. The third-order valence-corrected chi connectivity index (χ3v) is 11.2. The molecule has 1 aromatic carbocycles. The molecule has 0 spiro atoms. The van der Waals surface area contributed by atoms with E-state index in [-0.39, 0.29) is 36.1 Å². The second kappa shape index (κ2) is 12.0. The van der Waals surface area contributed by atoms with Gasteiger partial charge in [-0.25, -0.2) is 9.69 Å². The molecule has 1 aromatic rings. The summed E-state index contributed by atoms with van der Waals surface area (Å²) in [4.78, 5) is 26.9. The van der Waals surface area contributed by atoms with E-state index in [1.165, 1.54) is 4.90 Å². The lowest BCUT2D eigenvalue weighted by Gasteiger charge is -2.35. The van der Waals surface area contributed by atoms with E-state index in [0.717, 1.165) is 11.3 Å². The number of ether oxygens (including phenoxy) is 3. The summed E-state index contributed by atoms with van der Waals surface area (Å²) in [6.07, 6.45) is 2.75. The smallest absolute Gasteiger partial charge is 0.417 e. The lowest BCUT2D eigenvalue weighted by Crippen LogP contribution is -2.47. The molecule has 7 nitrogen and oxygen atoms in total. The van der Waals surface area contributed by atoms with E-state index in [0.29, 0.717) is 13.0 Å². The number of nitrogens with zero attached hydrogens (tertiary/aromatic N) is 1. The normalized spacial score (nSPS) is 18.0. The largest absolute Gasteiger partial charge is 0.497 e. The monoisotopic (exact) mass is 491 g/mol. The minimum Gasteiger partial charge on any atom is -0.497 e. The standard InChI is InChI=1S/C26H41NO6Si/c1-19(2)22-18-32-25(29)27(22)24(28)23(31-17-20-12-14-21(30-6)15-13-20)11-9-10-16-33-34(7,8)26(3,4)5/h9-10,12-15,19,22-23H,11,16-18H2,1-8H3/b10-9+/t22-,23-/m1/s1. The van der Waals surface area contributed by atoms with Gasteiger partial charge in [-0.2, -0.15) is 0 Å². The van der Waals surface area contributed by atoms with Crippen molar-refractivity contribution in [2.45, 2.75) is 77.9 Å². The average molecular weight is 492 g/mol. The van der Waals surface area contributed by atoms with E-state index in [1.54, 1.807) is 7.11 Å². The highest BCUT2D eigenvalue weighted by Gasteiger charge is 2.42. The van der Waals surface area contributed by atoms with Crippen LogP contribution in [0.2, 0.25) is 18.1 Å². The Labute approximate surface area is 205 Å². The molecule has 0 bridgehead atoms. The van der Waals surface area contributed by atoms with Gasteiger partial charge in [0, 0.05) is 6.42 Å². The molecular weight excluding hydrogens is 450 g/mol. The summed E-state index contributed by atoms with van der Waals surface area (Å²) in [6.45, 7) is 15.9. The maximum absolute atomic E-state index is 13.4. The number of amides is 2. The van der Waals surface area contributed by atoms with Crippen molar-refractivity contribution in [2.75, 3.05) is 20.3 Å². The second-order valence-electron chi connectivity index (χ2n) is 10.5. The Bertz CT molecular complexity index is 844. The summed E-state index contributed by atoms with van der Waals surface area (Å²) in [7, 11) is -0.240. The topological polar surface area (TPSA) is 74.3 Å². The molecule has 2 rings (SSSR count). The van der Waals surface area contributed by atoms with Crippen LogP contribution in [0.15, 0.2) is 36.4 Å². The van der Waals surface area contributed by atoms with Crippen molar-refractivity contribution in [1.82, 2.24) is 4.90 Å². The van der Waals surface area contributed by atoms with Crippen molar-refractivity contribution in [3.8, 4) is 5.75 Å². The number of carbonyl (C=O) groups excluding carboxylic acids is 2. The number of imide groups is 1. The molecule has 190 valence electrons. The number of rotatable bonds is 11. The minimum atomic E-state index is -1.85. The van der Waals surface area contributed by atoms with E-state index < -0.39 is 20.5 Å². The number of hydrogen-bond donors (Lipinski definition) is 0. The Hall–Kier alpha value is -2.16. The third-order valence-electron chi connectivity index (χ3n) is 6.66. The highest BCUT2D eigenvalue weighted by atomic mass is 28.4. The van der Waals surface area contributed by atoms with Crippen molar-refractivity contribution >= 4 is 20.3 Å². The van der Waals surface area contributed by atoms with Gasteiger partial charge in [-0.1, -0.05) is 58.9 Å². The first-order valence-corrected chi connectivity index (χ1v) is 14.8. The molecule has 0 unspecified atom stereocenters. The van der Waals surface area contributed by atoms with Crippen LogP contribution in [0.4, 0.5) is 4.79 Å². The molecule has 0 aromatic heterocycles. The fourth-order valence-corrected chi connectivity index (χ4v) is 4.20. The highest BCUT2D eigenvalue weighted by molar-refractivity contribution is 6.74. The summed E-state index contributed by atoms with van der Waals surface area (Å²) >= 11 is 0. The van der Waals surface area contributed by atoms with Crippen LogP contribution in [0.3, 0.4) is 0 Å². The van der Waals surface area contributed by atoms with Gasteiger partial charge >= 0.3 is 6.09 Å². The van der Waals surface area contributed by atoms with Gasteiger partial charge in [-0.05, 0) is 41.7 Å². The zero-order valence-electron chi connectivity index (χ0n) is 21.9. The zero-order valence-corrected chi connectivity index (χ0v) is 22.9. The molecule has 34 heavy (non-hydrogen) atoms. The lowest BCUT2D eigenvalue weighted by atomic mass is 10.0. The molecule has 1 heterocycles. The summed E-state index contributed by atoms with van der Waals surface area (Å²) in [5.74, 6) is 0.469. The summed E-state index contributed by atoms with van der Waals surface area (Å²) < 4.78 is 22.6. The van der Waals surface area contributed by atoms with Crippen LogP contribution in [-0.4, -0.2) is 57.7 Å². The quantitative estimate of drug-likeness (QED) is 0.298. The molecule has 1 aliphatic heterocycles. The molecule has 1 aliphatic rings. The maximum atomic E-state index is 13.4. The molecular formula is C26H41NO6Si. The molecule has 2 amide bonds. The second-order valence-corrected chi connectivity index (χ2v) is 15.3. The Balaban J connectivity index is 2.09. The van der Waals surface area contributed by atoms with Crippen molar-refractivity contribution in [1.29, 1.82) is 0 Å². The number of benzene rings is 1. The van der Waals surface area contributed by atoms with Gasteiger partial charge in [0.1, 0.15) is 18.5 Å². The van der Waals surface area contributed by atoms with E-state index in [4.69, 9.17) is 18.6 Å². The van der Waals surface area contributed by atoms with E-state index in [9.17, 15) is 9.59 Å². The number of carbonyl (C=O) groups is 2. The zero-order chi connectivity index (χ0) is 25.5. The van der Waals surface area contributed by atoms with Crippen LogP contribution in [0.25, 0.3) is 0 Å². The Morgan fingerprint density at radius 3 is 2.41 bits per heavy atom. The average Bonchev–Trinajstić information content (AvgIpc) is 3.16. The summed E-state index contributed by atoms with van der Waals surface area (Å²) in [5.41, 5.74) is 0.910. The summed E-state index contributed by atoms with van der Waals surface area (Å²) in [5, 5.41) is 0.128. The fraction of sp³-hybridized carbons (Fsp3) is 0.615. The fourth-order valence-electron chi connectivity index (χ4n) is 3.25. The van der Waals surface area contributed by atoms with Crippen LogP contribution in [-0.2, 0) is 25.3 Å².